The maximum absolute atomic E-state index is 12.8. The first-order valence-electron chi connectivity index (χ1n) is 9.31. The molecule has 148 valence electrons. The normalized spacial score (nSPS) is 17.7. The van der Waals surface area contributed by atoms with Crippen LogP contribution in [-0.4, -0.2) is 27.2 Å². The molecule has 4 rings (SSSR count). The summed E-state index contributed by atoms with van der Waals surface area (Å²) in [4.78, 5) is 37.0. The molecule has 7 heteroatoms. The Bertz CT molecular complexity index is 1200. The van der Waals surface area contributed by atoms with Gasteiger partial charge in [0.15, 0.2) is 5.78 Å². The summed E-state index contributed by atoms with van der Waals surface area (Å²) < 4.78 is 7.50. The number of nitrogens with zero attached hydrogens (tertiary/aromatic N) is 2. The Morgan fingerprint density at radius 1 is 1.03 bits per heavy atom. The highest BCUT2D eigenvalue weighted by Gasteiger charge is 2.27. The van der Waals surface area contributed by atoms with Crippen LogP contribution in [0.4, 0.5) is 0 Å². The van der Waals surface area contributed by atoms with E-state index in [1.54, 1.807) is 31.4 Å². The lowest BCUT2D eigenvalue weighted by molar-refractivity contribution is 0.0978. The van der Waals surface area contributed by atoms with Gasteiger partial charge in [-0.1, -0.05) is 36.4 Å². The first kappa shape index (κ1) is 18.7. The monoisotopic (exact) mass is 391 g/mol. The number of allylic oxidation sites excluding steroid dienone is 2. The fraction of sp³-hybridized carbons (Fsp3) is 0.227. The average Bonchev–Trinajstić information content (AvgIpc) is 3.01. The molecule has 0 saturated carbocycles. The minimum Gasteiger partial charge on any atom is -0.497 e. The summed E-state index contributed by atoms with van der Waals surface area (Å²) >= 11 is 0. The van der Waals surface area contributed by atoms with E-state index in [1.807, 2.05) is 36.4 Å². The lowest BCUT2D eigenvalue weighted by Crippen LogP contribution is -2.29. The summed E-state index contributed by atoms with van der Waals surface area (Å²) in [6, 6.07) is 14.3. The minimum absolute atomic E-state index is 0.0286. The van der Waals surface area contributed by atoms with Crippen LogP contribution in [0, 0.1) is 0 Å². The molecule has 2 aromatic carbocycles. The van der Waals surface area contributed by atoms with Gasteiger partial charge in [0.25, 0.3) is 0 Å². The number of benzene rings is 2. The number of carbonyl (C=O) groups excluding carboxylic acids is 1. The first-order chi connectivity index (χ1) is 14.0. The van der Waals surface area contributed by atoms with E-state index in [-0.39, 0.29) is 11.7 Å². The van der Waals surface area contributed by atoms with Crippen LogP contribution < -0.4 is 16.1 Å². The summed E-state index contributed by atoms with van der Waals surface area (Å²) in [7, 11) is 3.02. The third-order valence-corrected chi connectivity index (χ3v) is 5.35. The number of Topliss-reactive ketones (excluding diaryl/α,β-unsaturated/α-hetero) is 1. The minimum atomic E-state index is -0.460. The molecular formula is C22H21N3O4. The summed E-state index contributed by atoms with van der Waals surface area (Å²) in [6.45, 7) is 0. The fourth-order valence-electron chi connectivity index (χ4n) is 3.73. The SMILES string of the molecule is COc1ccc(C(=O)C[C@H]2C=C[C@@H](n3[nH]c(=O)n(C)c3=O)c3ccccc32)cc1. The summed E-state index contributed by atoms with van der Waals surface area (Å²) in [5.41, 5.74) is 1.62. The van der Waals surface area contributed by atoms with Gasteiger partial charge in [0.1, 0.15) is 5.75 Å². The van der Waals surface area contributed by atoms with E-state index in [4.69, 9.17) is 4.74 Å². The van der Waals surface area contributed by atoms with Crippen molar-refractivity contribution in [2.45, 2.75) is 18.4 Å². The predicted octanol–water partition coefficient (Wildman–Crippen LogP) is 2.40. The molecule has 7 nitrogen and oxygen atoms in total. The van der Waals surface area contributed by atoms with Crippen molar-refractivity contribution in [1.82, 2.24) is 14.3 Å². The van der Waals surface area contributed by atoms with Crippen LogP contribution in [0.3, 0.4) is 0 Å². The van der Waals surface area contributed by atoms with Gasteiger partial charge in [0.2, 0.25) is 0 Å². The number of aromatic amines is 1. The maximum Gasteiger partial charge on any atom is 0.347 e. The second kappa shape index (κ2) is 7.43. The zero-order chi connectivity index (χ0) is 20.5. The van der Waals surface area contributed by atoms with Crippen molar-refractivity contribution in [3.63, 3.8) is 0 Å². The topological polar surface area (TPSA) is 86.1 Å². The number of ether oxygens (including phenoxy) is 1. The standard InChI is InChI=1S/C22H21N3O4/c1-24-21(27)23-25(22(24)28)19-12-9-15(17-5-3-4-6-18(17)19)13-20(26)14-7-10-16(29-2)11-8-14/h3-12,15,19H,13H2,1-2H3,(H,23,27)/t15-,19-/m1/s1. The first-order valence-corrected chi connectivity index (χ1v) is 9.31. The Morgan fingerprint density at radius 2 is 1.72 bits per heavy atom. The summed E-state index contributed by atoms with van der Waals surface area (Å²) in [5, 5.41) is 2.60. The molecule has 29 heavy (non-hydrogen) atoms. The van der Waals surface area contributed by atoms with Crippen molar-refractivity contribution in [3.05, 3.63) is 98.3 Å². The third kappa shape index (κ3) is 3.35. The van der Waals surface area contributed by atoms with Crippen molar-refractivity contribution >= 4 is 5.78 Å². The Labute approximate surface area is 166 Å². The molecule has 0 radical (unpaired) electrons. The predicted molar refractivity (Wildman–Crippen MR) is 109 cm³/mol. The quantitative estimate of drug-likeness (QED) is 0.535. The number of aromatic nitrogens is 3. The van der Waals surface area contributed by atoms with E-state index in [9.17, 15) is 14.4 Å². The highest BCUT2D eigenvalue weighted by molar-refractivity contribution is 5.96. The van der Waals surface area contributed by atoms with E-state index in [0.29, 0.717) is 17.7 Å². The van der Waals surface area contributed by atoms with Gasteiger partial charge in [-0.3, -0.25) is 4.79 Å². The maximum atomic E-state index is 12.8. The van der Waals surface area contributed by atoms with E-state index in [0.717, 1.165) is 15.7 Å². The smallest absolute Gasteiger partial charge is 0.347 e. The Hall–Kier alpha value is -3.61. The molecule has 2 atom stereocenters. The van der Waals surface area contributed by atoms with Gasteiger partial charge in [-0.15, -0.1) is 0 Å². The van der Waals surface area contributed by atoms with Crippen molar-refractivity contribution in [2.75, 3.05) is 7.11 Å². The number of fused-ring (bicyclic) bond motifs is 1. The van der Waals surface area contributed by atoms with Gasteiger partial charge in [-0.25, -0.2) is 23.9 Å². The lowest BCUT2D eigenvalue weighted by Gasteiger charge is -2.26. The van der Waals surface area contributed by atoms with Gasteiger partial charge in [-0.2, -0.15) is 0 Å². The van der Waals surface area contributed by atoms with Crippen molar-refractivity contribution in [2.24, 2.45) is 7.05 Å². The number of ketones is 1. The zero-order valence-electron chi connectivity index (χ0n) is 16.2. The van der Waals surface area contributed by atoms with Crippen LogP contribution >= 0.6 is 0 Å². The molecule has 0 unspecified atom stereocenters. The fourth-order valence-corrected chi connectivity index (χ4v) is 3.73. The molecule has 0 bridgehead atoms. The van der Waals surface area contributed by atoms with Crippen LogP contribution in [-0.2, 0) is 7.05 Å². The van der Waals surface area contributed by atoms with Crippen molar-refractivity contribution < 1.29 is 9.53 Å². The zero-order valence-corrected chi connectivity index (χ0v) is 16.2. The van der Waals surface area contributed by atoms with E-state index in [2.05, 4.69) is 5.10 Å². The van der Waals surface area contributed by atoms with Crippen molar-refractivity contribution in [1.29, 1.82) is 0 Å². The van der Waals surface area contributed by atoms with E-state index < -0.39 is 17.4 Å². The molecule has 1 aliphatic rings. The number of methoxy groups -OCH3 is 1. The molecule has 0 spiro atoms. The highest BCUT2D eigenvalue weighted by atomic mass is 16.5. The van der Waals surface area contributed by atoms with Crippen molar-refractivity contribution in [3.8, 4) is 5.75 Å². The molecular weight excluding hydrogens is 370 g/mol. The van der Waals surface area contributed by atoms with Crippen LogP contribution in [0.25, 0.3) is 0 Å². The molecule has 3 aromatic rings. The van der Waals surface area contributed by atoms with Crippen LogP contribution in [0.1, 0.15) is 39.9 Å². The molecule has 1 heterocycles. The lowest BCUT2D eigenvalue weighted by atomic mass is 9.82. The molecule has 0 aliphatic heterocycles. The van der Waals surface area contributed by atoms with Gasteiger partial charge in [0, 0.05) is 24.9 Å². The Morgan fingerprint density at radius 3 is 2.34 bits per heavy atom. The number of hydrogen-bond donors (Lipinski definition) is 1. The highest BCUT2D eigenvalue weighted by Crippen LogP contribution is 2.36. The van der Waals surface area contributed by atoms with Crippen LogP contribution in [0.5, 0.6) is 5.75 Å². The summed E-state index contributed by atoms with van der Waals surface area (Å²) in [5.74, 6) is 0.624. The second-order valence-electron chi connectivity index (χ2n) is 7.05. The van der Waals surface area contributed by atoms with Gasteiger partial charge >= 0.3 is 11.4 Å². The molecule has 0 saturated heterocycles. The Balaban J connectivity index is 1.65. The van der Waals surface area contributed by atoms with Crippen LogP contribution in [0.15, 0.2) is 70.3 Å². The molecule has 0 amide bonds. The molecule has 0 fully saturated rings. The van der Waals surface area contributed by atoms with Gasteiger partial charge < -0.3 is 4.74 Å². The van der Waals surface area contributed by atoms with E-state index in [1.165, 1.54) is 11.7 Å². The van der Waals surface area contributed by atoms with Crippen LogP contribution in [0.2, 0.25) is 0 Å². The largest absolute Gasteiger partial charge is 0.497 e. The molecule has 1 N–H and O–H groups in total. The Kier molecular flexibility index (Phi) is 4.80. The van der Waals surface area contributed by atoms with Gasteiger partial charge in [0.05, 0.1) is 13.2 Å². The number of nitrogens with one attached hydrogen (secondary N) is 1. The third-order valence-electron chi connectivity index (χ3n) is 5.35. The molecule has 1 aromatic heterocycles. The molecule has 1 aliphatic carbocycles. The number of rotatable bonds is 5. The summed E-state index contributed by atoms with van der Waals surface area (Å²) in [6.07, 6.45) is 4.12. The number of carbonyl (C=O) groups is 1. The van der Waals surface area contributed by atoms with E-state index >= 15 is 0 Å². The average molecular weight is 391 g/mol. The number of H-pyrrole nitrogens is 1. The second-order valence-corrected chi connectivity index (χ2v) is 7.05. The number of hydrogen-bond acceptors (Lipinski definition) is 4. The van der Waals surface area contributed by atoms with Gasteiger partial charge in [-0.05, 0) is 35.4 Å².